The quantitative estimate of drug-likeness (QED) is 0.890. The molecule has 0 aromatic carbocycles. The van der Waals surface area contributed by atoms with Gasteiger partial charge in [-0.25, -0.2) is 9.97 Å². The molecule has 1 aromatic heterocycles. The lowest BCUT2D eigenvalue weighted by Gasteiger charge is -2.30. The zero-order chi connectivity index (χ0) is 14.5. The van der Waals surface area contributed by atoms with E-state index in [-0.39, 0.29) is 0 Å². The lowest BCUT2D eigenvalue weighted by Crippen LogP contribution is -2.31. The van der Waals surface area contributed by atoms with E-state index in [9.17, 15) is 0 Å². The molecule has 1 fully saturated rings. The predicted molar refractivity (Wildman–Crippen MR) is 85.7 cm³/mol. The summed E-state index contributed by atoms with van der Waals surface area (Å²) in [4.78, 5) is 12.0. The van der Waals surface area contributed by atoms with E-state index in [4.69, 9.17) is 9.97 Å². The van der Waals surface area contributed by atoms with Crippen LogP contribution in [-0.2, 0) is 0 Å². The summed E-state index contributed by atoms with van der Waals surface area (Å²) in [6.45, 7) is 11.9. The molecule has 0 radical (unpaired) electrons. The fraction of sp³-hybridized carbons (Fsp3) is 0.750. The van der Waals surface area contributed by atoms with Gasteiger partial charge in [0, 0.05) is 31.1 Å². The highest BCUT2D eigenvalue weighted by Gasteiger charge is 2.19. The minimum Gasteiger partial charge on any atom is -0.370 e. The second-order valence-electron chi connectivity index (χ2n) is 6.01. The van der Waals surface area contributed by atoms with Crippen molar-refractivity contribution in [3.63, 3.8) is 0 Å². The zero-order valence-corrected chi connectivity index (χ0v) is 13.4. The predicted octanol–water partition coefficient (Wildman–Crippen LogP) is 3.72. The average molecular weight is 276 g/mol. The lowest BCUT2D eigenvalue weighted by atomic mass is 10.1. The molecule has 2 rings (SSSR count). The van der Waals surface area contributed by atoms with E-state index >= 15 is 0 Å². The summed E-state index contributed by atoms with van der Waals surface area (Å²) in [5.74, 6) is 3.48. The number of rotatable bonds is 5. The van der Waals surface area contributed by atoms with Crippen molar-refractivity contribution in [1.29, 1.82) is 0 Å². The van der Waals surface area contributed by atoms with Crippen molar-refractivity contribution in [3.8, 4) is 0 Å². The number of nitrogens with zero attached hydrogens (tertiary/aromatic N) is 3. The van der Waals surface area contributed by atoms with Gasteiger partial charge in [0.1, 0.15) is 17.5 Å². The molecule has 1 aliphatic rings. The van der Waals surface area contributed by atoms with E-state index in [0.29, 0.717) is 5.92 Å². The van der Waals surface area contributed by atoms with Crippen LogP contribution < -0.4 is 10.2 Å². The van der Waals surface area contributed by atoms with Crippen LogP contribution >= 0.6 is 0 Å². The summed E-state index contributed by atoms with van der Waals surface area (Å²) in [5.41, 5.74) is 1.20. The molecule has 0 aliphatic carbocycles. The fourth-order valence-electron chi connectivity index (χ4n) is 2.61. The first-order chi connectivity index (χ1) is 9.63. The molecule has 1 saturated heterocycles. The minimum atomic E-state index is 0.362. The highest BCUT2D eigenvalue weighted by Crippen LogP contribution is 2.28. The standard InChI is InChI=1S/C16H28N4/c1-5-9-17-15-13(4)16(19-14(18-15)12(2)3)20-10-7-6-8-11-20/h12H,5-11H2,1-4H3,(H,17,18,19). The van der Waals surface area contributed by atoms with Gasteiger partial charge >= 0.3 is 0 Å². The molecule has 20 heavy (non-hydrogen) atoms. The van der Waals surface area contributed by atoms with Crippen molar-refractivity contribution in [3.05, 3.63) is 11.4 Å². The monoisotopic (exact) mass is 276 g/mol. The summed E-state index contributed by atoms with van der Waals surface area (Å²) in [6, 6.07) is 0. The second kappa shape index (κ2) is 6.91. The van der Waals surface area contributed by atoms with Gasteiger partial charge in [-0.05, 0) is 32.6 Å². The molecule has 112 valence electrons. The molecule has 1 aliphatic heterocycles. The normalized spacial score (nSPS) is 15.8. The molecular formula is C16H28N4. The first-order valence-corrected chi connectivity index (χ1v) is 8.00. The third kappa shape index (κ3) is 3.41. The van der Waals surface area contributed by atoms with Gasteiger partial charge in [-0.3, -0.25) is 0 Å². The Morgan fingerprint density at radius 1 is 1.15 bits per heavy atom. The Morgan fingerprint density at radius 2 is 1.85 bits per heavy atom. The van der Waals surface area contributed by atoms with Crippen molar-refractivity contribution >= 4 is 11.6 Å². The van der Waals surface area contributed by atoms with Crippen LogP contribution in [0.15, 0.2) is 0 Å². The third-order valence-electron chi connectivity index (χ3n) is 3.85. The minimum absolute atomic E-state index is 0.362. The van der Waals surface area contributed by atoms with Crippen LogP contribution in [0.25, 0.3) is 0 Å². The van der Waals surface area contributed by atoms with Gasteiger partial charge in [-0.2, -0.15) is 0 Å². The number of anilines is 2. The van der Waals surface area contributed by atoms with Crippen molar-refractivity contribution in [1.82, 2.24) is 9.97 Å². The Balaban J connectivity index is 2.34. The van der Waals surface area contributed by atoms with Crippen molar-refractivity contribution in [2.24, 2.45) is 0 Å². The van der Waals surface area contributed by atoms with Crippen LogP contribution in [0.2, 0.25) is 0 Å². The molecule has 0 unspecified atom stereocenters. The Morgan fingerprint density at radius 3 is 2.45 bits per heavy atom. The molecule has 0 atom stereocenters. The van der Waals surface area contributed by atoms with Crippen LogP contribution in [0, 0.1) is 6.92 Å². The molecule has 4 heteroatoms. The van der Waals surface area contributed by atoms with Gasteiger partial charge in [0.15, 0.2) is 0 Å². The molecule has 4 nitrogen and oxygen atoms in total. The van der Waals surface area contributed by atoms with Crippen LogP contribution in [0.4, 0.5) is 11.6 Å². The third-order valence-corrected chi connectivity index (χ3v) is 3.85. The molecule has 0 saturated carbocycles. The molecule has 0 bridgehead atoms. The van der Waals surface area contributed by atoms with Crippen molar-refractivity contribution in [2.45, 2.75) is 59.3 Å². The number of piperidine rings is 1. The highest BCUT2D eigenvalue weighted by molar-refractivity contribution is 5.59. The topological polar surface area (TPSA) is 41.1 Å². The molecule has 1 N–H and O–H groups in total. The van der Waals surface area contributed by atoms with Gasteiger partial charge in [0.25, 0.3) is 0 Å². The summed E-state index contributed by atoms with van der Waals surface area (Å²) < 4.78 is 0. The number of hydrogen-bond acceptors (Lipinski definition) is 4. The van der Waals surface area contributed by atoms with Crippen LogP contribution in [-0.4, -0.2) is 29.6 Å². The van der Waals surface area contributed by atoms with Crippen LogP contribution in [0.5, 0.6) is 0 Å². The molecule has 2 heterocycles. The zero-order valence-electron chi connectivity index (χ0n) is 13.4. The lowest BCUT2D eigenvalue weighted by molar-refractivity contribution is 0.570. The SMILES string of the molecule is CCCNc1nc(C(C)C)nc(N2CCCCC2)c1C. The summed E-state index contributed by atoms with van der Waals surface area (Å²) in [5, 5.41) is 3.46. The van der Waals surface area contributed by atoms with E-state index in [1.54, 1.807) is 0 Å². The van der Waals surface area contributed by atoms with Gasteiger partial charge in [-0.1, -0.05) is 20.8 Å². The van der Waals surface area contributed by atoms with E-state index < -0.39 is 0 Å². The summed E-state index contributed by atoms with van der Waals surface area (Å²) in [6.07, 6.45) is 5.01. The van der Waals surface area contributed by atoms with Gasteiger partial charge in [0.05, 0.1) is 0 Å². The summed E-state index contributed by atoms with van der Waals surface area (Å²) in [7, 11) is 0. The summed E-state index contributed by atoms with van der Waals surface area (Å²) >= 11 is 0. The smallest absolute Gasteiger partial charge is 0.137 e. The Bertz CT molecular complexity index is 436. The maximum absolute atomic E-state index is 4.84. The first-order valence-electron chi connectivity index (χ1n) is 8.00. The van der Waals surface area contributed by atoms with Gasteiger partial charge in [-0.15, -0.1) is 0 Å². The van der Waals surface area contributed by atoms with E-state index in [0.717, 1.165) is 43.5 Å². The van der Waals surface area contributed by atoms with Crippen molar-refractivity contribution in [2.75, 3.05) is 29.9 Å². The number of hydrogen-bond donors (Lipinski definition) is 1. The van der Waals surface area contributed by atoms with E-state index in [2.05, 4.69) is 37.9 Å². The first kappa shape index (κ1) is 15.1. The van der Waals surface area contributed by atoms with Crippen LogP contribution in [0.3, 0.4) is 0 Å². The molecule has 0 spiro atoms. The van der Waals surface area contributed by atoms with Gasteiger partial charge < -0.3 is 10.2 Å². The van der Waals surface area contributed by atoms with Crippen LogP contribution in [0.1, 0.15) is 63.8 Å². The largest absolute Gasteiger partial charge is 0.370 e. The van der Waals surface area contributed by atoms with E-state index in [1.165, 1.54) is 24.8 Å². The Labute approximate surface area is 123 Å². The second-order valence-corrected chi connectivity index (χ2v) is 6.01. The number of aromatic nitrogens is 2. The Kier molecular flexibility index (Phi) is 5.21. The van der Waals surface area contributed by atoms with Gasteiger partial charge in [0.2, 0.25) is 0 Å². The Hall–Kier alpha value is -1.32. The molecule has 0 amide bonds. The molecule has 1 aromatic rings. The maximum atomic E-state index is 4.84. The molecular weight excluding hydrogens is 248 g/mol. The highest BCUT2D eigenvalue weighted by atomic mass is 15.2. The number of nitrogens with one attached hydrogen (secondary N) is 1. The average Bonchev–Trinajstić information content (AvgIpc) is 2.47. The van der Waals surface area contributed by atoms with E-state index in [1.807, 2.05) is 0 Å². The maximum Gasteiger partial charge on any atom is 0.137 e. The van der Waals surface area contributed by atoms with Crippen molar-refractivity contribution < 1.29 is 0 Å². The fourth-order valence-corrected chi connectivity index (χ4v) is 2.61.